The maximum atomic E-state index is 13.4. The first kappa shape index (κ1) is 14.2. The highest BCUT2D eigenvalue weighted by atomic mass is 19.1. The van der Waals surface area contributed by atoms with Gasteiger partial charge in [-0.25, -0.2) is 4.39 Å². The van der Waals surface area contributed by atoms with Gasteiger partial charge in [-0.2, -0.15) is 0 Å². The lowest BCUT2D eigenvalue weighted by molar-refractivity contribution is 0.425. The molecule has 6 nitrogen and oxygen atoms in total. The van der Waals surface area contributed by atoms with Crippen LogP contribution in [0.4, 0.5) is 4.39 Å². The zero-order valence-electron chi connectivity index (χ0n) is 10.7. The van der Waals surface area contributed by atoms with E-state index in [9.17, 15) is 14.0 Å². The van der Waals surface area contributed by atoms with E-state index in [-0.39, 0.29) is 12.0 Å². The molecule has 1 aromatic heterocycles. The summed E-state index contributed by atoms with van der Waals surface area (Å²) in [4.78, 5) is 23.2. The van der Waals surface area contributed by atoms with Gasteiger partial charge in [-0.1, -0.05) is 6.07 Å². The van der Waals surface area contributed by atoms with E-state index in [0.717, 1.165) is 21.3 Å². The summed E-state index contributed by atoms with van der Waals surface area (Å²) < 4.78 is 15.6. The summed E-state index contributed by atoms with van der Waals surface area (Å²) in [5.74, 6) is -0.650. The quantitative estimate of drug-likeness (QED) is 0.524. The molecule has 1 heterocycles. The molecular weight excluding hydrogens is 266 g/mol. The van der Waals surface area contributed by atoms with Crippen molar-refractivity contribution in [2.45, 2.75) is 6.54 Å². The van der Waals surface area contributed by atoms with Crippen LogP contribution in [-0.4, -0.2) is 26.3 Å². The molecule has 0 unspecified atom stereocenters. The highest BCUT2D eigenvalue weighted by Crippen LogP contribution is 2.03. The van der Waals surface area contributed by atoms with Crippen LogP contribution in [0, 0.1) is 5.82 Å². The van der Waals surface area contributed by atoms with E-state index in [0.29, 0.717) is 5.56 Å². The number of aryl methyl sites for hydroxylation is 1. The highest BCUT2D eigenvalue weighted by molar-refractivity contribution is 6.58. The van der Waals surface area contributed by atoms with Crippen molar-refractivity contribution in [2.75, 3.05) is 0 Å². The van der Waals surface area contributed by atoms with E-state index in [1.165, 1.54) is 25.5 Å². The molecule has 0 radical (unpaired) electrons. The minimum absolute atomic E-state index is 0.0168. The third-order valence-corrected chi connectivity index (χ3v) is 2.87. The van der Waals surface area contributed by atoms with Crippen molar-refractivity contribution in [3.8, 4) is 0 Å². The van der Waals surface area contributed by atoms with Crippen LogP contribution in [0.25, 0.3) is 0 Å². The highest BCUT2D eigenvalue weighted by Gasteiger charge is 2.13. The average Bonchev–Trinajstić information content (AvgIpc) is 2.39. The number of benzene rings is 1. The Kier molecular flexibility index (Phi) is 3.87. The van der Waals surface area contributed by atoms with E-state index in [1.807, 2.05) is 0 Å². The molecular formula is C12H12BFN2O4. The molecule has 1 aromatic carbocycles. The smallest absolute Gasteiger partial charge is 0.423 e. The van der Waals surface area contributed by atoms with Crippen LogP contribution in [-0.2, 0) is 13.6 Å². The molecule has 0 aliphatic rings. The fraction of sp³-hybridized carbons (Fsp3) is 0.167. The molecule has 0 aliphatic heterocycles. The Labute approximate surface area is 113 Å². The van der Waals surface area contributed by atoms with Crippen molar-refractivity contribution >= 4 is 12.6 Å². The first-order valence-electron chi connectivity index (χ1n) is 5.80. The average molecular weight is 278 g/mol. The number of halogens is 1. The summed E-state index contributed by atoms with van der Waals surface area (Å²) in [5.41, 5.74) is -1.09. The van der Waals surface area contributed by atoms with Crippen LogP contribution in [0.5, 0.6) is 0 Å². The van der Waals surface area contributed by atoms with Gasteiger partial charge in [-0.05, 0) is 23.2 Å². The number of nitrogens with zero attached hydrogens (tertiary/aromatic N) is 2. The second kappa shape index (κ2) is 5.44. The molecule has 0 atom stereocenters. The second-order valence-corrected chi connectivity index (χ2v) is 4.41. The standard InChI is InChI=1S/C12H12BFN2O4/c1-15-2-3-16(12(18)11(15)17)7-8-4-9(13(19)20)6-10(14)5-8/h2-6,19-20H,7H2,1H3. The van der Waals surface area contributed by atoms with Crippen LogP contribution in [0.15, 0.2) is 40.2 Å². The SMILES string of the molecule is Cn1ccn(Cc2cc(F)cc(B(O)O)c2)c(=O)c1=O. The lowest BCUT2D eigenvalue weighted by atomic mass is 9.79. The normalized spacial score (nSPS) is 10.6. The largest absolute Gasteiger partial charge is 0.488 e. The zero-order valence-corrected chi connectivity index (χ0v) is 10.7. The molecule has 20 heavy (non-hydrogen) atoms. The third-order valence-electron chi connectivity index (χ3n) is 2.87. The minimum atomic E-state index is -1.80. The number of hydrogen-bond donors (Lipinski definition) is 2. The lowest BCUT2D eigenvalue weighted by Crippen LogP contribution is -2.39. The summed E-state index contributed by atoms with van der Waals surface area (Å²) in [5, 5.41) is 18.1. The van der Waals surface area contributed by atoms with E-state index in [4.69, 9.17) is 10.0 Å². The van der Waals surface area contributed by atoms with Gasteiger partial charge in [-0.15, -0.1) is 0 Å². The molecule has 0 saturated carbocycles. The third kappa shape index (κ3) is 2.86. The monoisotopic (exact) mass is 278 g/mol. The van der Waals surface area contributed by atoms with Crippen LogP contribution < -0.4 is 16.6 Å². The van der Waals surface area contributed by atoms with Crippen molar-refractivity contribution in [1.82, 2.24) is 9.13 Å². The Morgan fingerprint density at radius 3 is 2.50 bits per heavy atom. The van der Waals surface area contributed by atoms with Gasteiger partial charge in [0.2, 0.25) is 0 Å². The van der Waals surface area contributed by atoms with E-state index in [1.54, 1.807) is 0 Å². The van der Waals surface area contributed by atoms with Crippen molar-refractivity contribution < 1.29 is 14.4 Å². The van der Waals surface area contributed by atoms with Crippen LogP contribution in [0.2, 0.25) is 0 Å². The summed E-state index contributed by atoms with van der Waals surface area (Å²) in [6, 6.07) is 3.51. The number of rotatable bonds is 3. The van der Waals surface area contributed by atoms with E-state index < -0.39 is 24.1 Å². The predicted octanol–water partition coefficient (Wildman–Crippen LogP) is -1.59. The Hall–Kier alpha value is -2.19. The van der Waals surface area contributed by atoms with Crippen LogP contribution >= 0.6 is 0 Å². The Morgan fingerprint density at radius 2 is 1.85 bits per heavy atom. The zero-order chi connectivity index (χ0) is 14.9. The van der Waals surface area contributed by atoms with Gasteiger partial charge in [0, 0.05) is 19.4 Å². The molecule has 0 spiro atoms. The van der Waals surface area contributed by atoms with Gasteiger partial charge in [0.05, 0.1) is 6.54 Å². The molecule has 2 rings (SSSR count). The number of aromatic nitrogens is 2. The van der Waals surface area contributed by atoms with Crippen LogP contribution in [0.3, 0.4) is 0 Å². The molecule has 0 amide bonds. The minimum Gasteiger partial charge on any atom is -0.423 e. The molecule has 2 N–H and O–H groups in total. The fourth-order valence-electron chi connectivity index (χ4n) is 1.83. The van der Waals surface area contributed by atoms with Crippen molar-refractivity contribution in [2.24, 2.45) is 7.05 Å². The summed E-state index contributed by atoms with van der Waals surface area (Å²) in [6.45, 7) is -0.0353. The molecule has 0 bridgehead atoms. The predicted molar refractivity (Wildman–Crippen MR) is 71.3 cm³/mol. The number of hydrogen-bond acceptors (Lipinski definition) is 4. The van der Waals surface area contributed by atoms with Crippen molar-refractivity contribution in [3.63, 3.8) is 0 Å². The van der Waals surface area contributed by atoms with Gasteiger partial charge in [-0.3, -0.25) is 9.59 Å². The maximum absolute atomic E-state index is 13.4. The Morgan fingerprint density at radius 1 is 1.15 bits per heavy atom. The molecule has 8 heteroatoms. The Bertz CT molecular complexity index is 754. The maximum Gasteiger partial charge on any atom is 0.488 e. The van der Waals surface area contributed by atoms with E-state index in [2.05, 4.69) is 0 Å². The van der Waals surface area contributed by atoms with Gasteiger partial charge >= 0.3 is 18.2 Å². The molecule has 0 fully saturated rings. The fourth-order valence-corrected chi connectivity index (χ4v) is 1.83. The first-order valence-corrected chi connectivity index (χ1v) is 5.80. The van der Waals surface area contributed by atoms with Crippen molar-refractivity contribution in [1.29, 1.82) is 0 Å². The van der Waals surface area contributed by atoms with Gasteiger partial charge in [0.1, 0.15) is 5.82 Å². The van der Waals surface area contributed by atoms with Crippen molar-refractivity contribution in [3.05, 3.63) is 62.7 Å². The first-order chi connectivity index (χ1) is 9.38. The topological polar surface area (TPSA) is 84.5 Å². The lowest BCUT2D eigenvalue weighted by Gasteiger charge is -2.08. The van der Waals surface area contributed by atoms with Gasteiger partial charge in [0.25, 0.3) is 0 Å². The van der Waals surface area contributed by atoms with Gasteiger partial charge in [0.15, 0.2) is 0 Å². The second-order valence-electron chi connectivity index (χ2n) is 4.41. The van der Waals surface area contributed by atoms with Crippen LogP contribution in [0.1, 0.15) is 5.56 Å². The molecule has 0 aliphatic carbocycles. The van der Waals surface area contributed by atoms with Gasteiger partial charge < -0.3 is 19.2 Å². The molecule has 2 aromatic rings. The molecule has 0 saturated heterocycles. The summed E-state index contributed by atoms with van der Waals surface area (Å²) in [6.07, 6.45) is 2.83. The molecule has 104 valence electrons. The van der Waals surface area contributed by atoms with E-state index >= 15 is 0 Å². The Balaban J connectivity index is 2.43. The summed E-state index contributed by atoms with van der Waals surface area (Å²) >= 11 is 0. The summed E-state index contributed by atoms with van der Waals surface area (Å²) in [7, 11) is -0.346.